The molecule has 0 unspecified atom stereocenters. The van der Waals surface area contributed by atoms with Crippen LogP contribution in [0.15, 0.2) is 84.9 Å². The first-order valence-electron chi connectivity index (χ1n) is 10.4. The van der Waals surface area contributed by atoms with Crippen molar-refractivity contribution in [3.05, 3.63) is 112 Å². The van der Waals surface area contributed by atoms with E-state index in [0.29, 0.717) is 19.8 Å². The minimum atomic E-state index is -3.55. The van der Waals surface area contributed by atoms with E-state index in [-0.39, 0.29) is 6.04 Å². The maximum absolute atomic E-state index is 12.1. The van der Waals surface area contributed by atoms with Crippen molar-refractivity contribution in [1.82, 2.24) is 5.32 Å². The van der Waals surface area contributed by atoms with Crippen LogP contribution in [-0.2, 0) is 38.7 Å². The summed E-state index contributed by atoms with van der Waals surface area (Å²) in [5.41, 5.74) is 4.16. The number of benzene rings is 3. The molecule has 0 bridgehead atoms. The van der Waals surface area contributed by atoms with Gasteiger partial charge >= 0.3 is 27.0 Å². The number of ether oxygens (including phenoxy) is 1. The van der Waals surface area contributed by atoms with Gasteiger partial charge in [-0.25, -0.2) is 8.42 Å². The summed E-state index contributed by atoms with van der Waals surface area (Å²) in [5.74, 6) is 0. The molecular weight excluding hydrogens is 545 g/mol. The summed E-state index contributed by atoms with van der Waals surface area (Å²) >= 11 is 1.82. The third-order valence-corrected chi connectivity index (χ3v) is 5.53. The molecule has 2 atom stereocenters. The zero-order valence-electron chi connectivity index (χ0n) is 18.7. The van der Waals surface area contributed by atoms with Gasteiger partial charge < -0.3 is 14.8 Å². The summed E-state index contributed by atoms with van der Waals surface area (Å²) in [6.07, 6.45) is 1.13. The van der Waals surface area contributed by atoms with Crippen LogP contribution >= 0.6 is 9.69 Å². The van der Waals surface area contributed by atoms with Crippen LogP contribution in [0.3, 0.4) is 0 Å². The van der Waals surface area contributed by atoms with Gasteiger partial charge in [-0.05, 0) is 18.1 Å². The summed E-state index contributed by atoms with van der Waals surface area (Å²) < 4.78 is 34.2. The van der Waals surface area contributed by atoms with Crippen LogP contribution in [0.1, 0.15) is 34.3 Å². The van der Waals surface area contributed by atoms with E-state index in [9.17, 15) is 8.42 Å². The van der Waals surface area contributed by atoms with Gasteiger partial charge in [-0.3, -0.25) is 0 Å². The summed E-state index contributed by atoms with van der Waals surface area (Å²) in [6, 6.07) is 26.7. The van der Waals surface area contributed by atoms with Crippen molar-refractivity contribution in [3.63, 3.8) is 0 Å². The monoisotopic (exact) mass is 574 g/mol. The van der Waals surface area contributed by atoms with Gasteiger partial charge in [-0.1, -0.05) is 102 Å². The quantitative estimate of drug-likeness (QED) is 0.239. The molecule has 3 rings (SSSR count). The molecule has 3 aromatic rings. The molecule has 0 aliphatic rings. The van der Waals surface area contributed by atoms with Crippen LogP contribution in [0.2, 0.25) is 0 Å². The molecule has 0 radical (unpaired) electrons. The first-order valence-corrected chi connectivity index (χ1v) is 14.5. The molecular formula is C25H29ClN2O3RuS+. The minimum absolute atomic E-state index is 0.304. The van der Waals surface area contributed by atoms with Crippen molar-refractivity contribution in [1.29, 1.82) is 0 Å². The number of nitrogens with one attached hydrogen (secondary N) is 1. The molecule has 33 heavy (non-hydrogen) atoms. The van der Waals surface area contributed by atoms with Crippen molar-refractivity contribution in [2.75, 3.05) is 19.4 Å². The average molecular weight is 574 g/mol. The molecule has 0 amide bonds. The number of hydrogen-bond acceptors (Lipinski definition) is 4. The van der Waals surface area contributed by atoms with Crippen molar-refractivity contribution < 1.29 is 30.5 Å². The standard InChI is InChI=1S/C25H29N2O3S.ClH.Ru/c1-20-13-15-21(16-14-20)19-30-18-17-26-24(22-9-5-3-6-10-22)25(27-31(2,28)29)23-11-7-4-8-12-23;;/h3-16,24-26H,17-19H2,1-2H3;1H;/q-1;;+3/p-1/t24-,25-;;/m1../s1. The van der Waals surface area contributed by atoms with Crippen LogP contribution in [0, 0.1) is 6.92 Å². The Morgan fingerprint density at radius 1 is 0.909 bits per heavy atom. The first kappa shape index (κ1) is 27.6. The normalized spacial score (nSPS) is 12.9. The van der Waals surface area contributed by atoms with Crippen molar-refractivity contribution >= 4 is 19.7 Å². The van der Waals surface area contributed by atoms with Gasteiger partial charge in [0, 0.05) is 18.8 Å². The zero-order valence-corrected chi connectivity index (χ0v) is 22.0. The van der Waals surface area contributed by atoms with E-state index >= 15 is 0 Å². The van der Waals surface area contributed by atoms with E-state index in [0.717, 1.165) is 22.9 Å². The fourth-order valence-electron chi connectivity index (χ4n) is 3.40. The van der Waals surface area contributed by atoms with E-state index < -0.39 is 16.1 Å². The Labute approximate surface area is 211 Å². The second-order valence-electron chi connectivity index (χ2n) is 7.57. The number of halogens is 1. The molecule has 0 aliphatic carbocycles. The fraction of sp³-hybridized carbons (Fsp3) is 0.280. The first-order chi connectivity index (χ1) is 15.9. The van der Waals surface area contributed by atoms with Gasteiger partial charge in [0.1, 0.15) is 0 Å². The summed E-state index contributed by atoms with van der Waals surface area (Å²) in [7, 11) is 1.02. The van der Waals surface area contributed by atoms with Gasteiger partial charge in [0.25, 0.3) is 0 Å². The average Bonchev–Trinajstić information content (AvgIpc) is 2.83. The number of aryl methyl sites for hydroxylation is 1. The van der Waals surface area contributed by atoms with E-state index in [1.807, 2.05) is 78.0 Å². The molecule has 5 nitrogen and oxygen atoms in total. The van der Waals surface area contributed by atoms with Gasteiger partial charge in [0.05, 0.1) is 23.2 Å². The molecule has 3 aromatic carbocycles. The SMILES string of the molecule is Cc1ccc(COCCN[C@H](c2ccccc2)[C@H]([N-]S(C)(=O)=O)c2ccccc2)cc1.[Cl][Ru+2]. The van der Waals surface area contributed by atoms with E-state index in [1.165, 1.54) is 5.56 Å². The molecule has 177 valence electrons. The van der Waals surface area contributed by atoms with Gasteiger partial charge in [0.15, 0.2) is 0 Å². The van der Waals surface area contributed by atoms with Crippen molar-refractivity contribution in [2.24, 2.45) is 0 Å². The fourth-order valence-corrected chi connectivity index (χ4v) is 4.06. The predicted molar refractivity (Wildman–Crippen MR) is 131 cm³/mol. The topological polar surface area (TPSA) is 69.5 Å². The molecule has 0 heterocycles. The maximum atomic E-state index is 12.1. The number of sulfonamides is 1. The van der Waals surface area contributed by atoms with Crippen molar-refractivity contribution in [3.8, 4) is 0 Å². The zero-order chi connectivity index (χ0) is 24.1. The van der Waals surface area contributed by atoms with Crippen LogP contribution in [0.25, 0.3) is 4.72 Å². The molecule has 1 N–H and O–H groups in total. The molecule has 0 saturated carbocycles. The Kier molecular flexibility index (Phi) is 12.2. The molecule has 0 aromatic heterocycles. The summed E-state index contributed by atoms with van der Waals surface area (Å²) in [6.45, 7) is 3.66. The molecule has 0 saturated heterocycles. The Balaban J connectivity index is 0.00000187. The molecule has 0 spiro atoms. The van der Waals surface area contributed by atoms with Gasteiger partial charge in [-0.2, -0.15) is 0 Å². The number of hydrogen-bond donors (Lipinski definition) is 1. The van der Waals surface area contributed by atoms with Crippen LogP contribution in [0.5, 0.6) is 0 Å². The van der Waals surface area contributed by atoms with Crippen molar-refractivity contribution in [2.45, 2.75) is 25.6 Å². The van der Waals surface area contributed by atoms with Gasteiger partial charge in [-0.15, -0.1) is 0 Å². The Morgan fingerprint density at radius 3 is 2.00 bits per heavy atom. The third-order valence-electron chi connectivity index (χ3n) is 4.92. The van der Waals surface area contributed by atoms with E-state index in [4.69, 9.17) is 4.74 Å². The van der Waals surface area contributed by atoms with E-state index in [1.54, 1.807) is 0 Å². The number of nitrogens with zero attached hydrogens (tertiary/aromatic N) is 1. The summed E-state index contributed by atoms with van der Waals surface area (Å²) in [4.78, 5) is 0. The van der Waals surface area contributed by atoms with Gasteiger partial charge in [0.2, 0.25) is 0 Å². The third kappa shape index (κ3) is 10.0. The van der Waals surface area contributed by atoms with Crippen LogP contribution in [-0.4, -0.2) is 27.8 Å². The summed E-state index contributed by atoms with van der Waals surface area (Å²) in [5, 5.41) is 3.47. The van der Waals surface area contributed by atoms with Crippen LogP contribution in [0.4, 0.5) is 0 Å². The Hall–Kier alpha value is -1.60. The Morgan fingerprint density at radius 2 is 1.45 bits per heavy atom. The molecule has 0 fully saturated rings. The predicted octanol–water partition coefficient (Wildman–Crippen LogP) is 5.60. The number of rotatable bonds is 11. The molecule has 8 heteroatoms. The Bertz CT molecular complexity index is 1040. The van der Waals surface area contributed by atoms with E-state index in [2.05, 4.69) is 50.9 Å². The molecule has 0 aliphatic heterocycles. The van der Waals surface area contributed by atoms with Crippen LogP contribution < -0.4 is 5.32 Å². The second kappa shape index (κ2) is 14.6. The second-order valence-corrected chi connectivity index (χ2v) is 9.25.